The lowest BCUT2D eigenvalue weighted by Gasteiger charge is -2.23. The number of rotatable bonds is 4. The van der Waals surface area contributed by atoms with Crippen LogP contribution in [-0.2, 0) is 12.8 Å². The lowest BCUT2D eigenvalue weighted by molar-refractivity contribution is 0.450. The van der Waals surface area contributed by atoms with E-state index >= 15 is 0 Å². The SMILES string of the molecule is Cc1nc(CC(C)(N)Cc2ccccc2F)sc1C. The minimum absolute atomic E-state index is 0.189. The van der Waals surface area contributed by atoms with E-state index in [0.717, 1.165) is 10.7 Å². The largest absolute Gasteiger partial charge is 0.325 e. The van der Waals surface area contributed by atoms with Crippen LogP contribution in [0.15, 0.2) is 24.3 Å². The fourth-order valence-electron chi connectivity index (χ4n) is 2.10. The molecule has 1 aromatic carbocycles. The molecule has 1 aromatic heterocycles. The molecule has 1 heterocycles. The summed E-state index contributed by atoms with van der Waals surface area (Å²) in [5.74, 6) is -0.189. The van der Waals surface area contributed by atoms with E-state index in [4.69, 9.17) is 5.73 Å². The average molecular weight is 278 g/mol. The third-order valence-electron chi connectivity index (χ3n) is 3.18. The number of benzene rings is 1. The van der Waals surface area contributed by atoms with Crippen LogP contribution in [0.2, 0.25) is 0 Å². The van der Waals surface area contributed by atoms with E-state index < -0.39 is 5.54 Å². The van der Waals surface area contributed by atoms with Crippen LogP contribution in [0.1, 0.15) is 28.1 Å². The Balaban J connectivity index is 2.12. The predicted molar refractivity (Wildman–Crippen MR) is 78.0 cm³/mol. The zero-order valence-electron chi connectivity index (χ0n) is 11.5. The molecule has 0 radical (unpaired) electrons. The van der Waals surface area contributed by atoms with Gasteiger partial charge in [-0.15, -0.1) is 11.3 Å². The van der Waals surface area contributed by atoms with Crippen molar-refractivity contribution in [1.29, 1.82) is 0 Å². The van der Waals surface area contributed by atoms with Gasteiger partial charge in [0.15, 0.2) is 0 Å². The van der Waals surface area contributed by atoms with E-state index in [1.165, 1.54) is 10.9 Å². The summed E-state index contributed by atoms with van der Waals surface area (Å²) in [7, 11) is 0. The number of nitrogens with zero attached hydrogens (tertiary/aromatic N) is 1. The molecule has 1 unspecified atom stereocenters. The fourth-order valence-corrected chi connectivity index (χ4v) is 3.23. The van der Waals surface area contributed by atoms with Gasteiger partial charge in [-0.3, -0.25) is 0 Å². The second kappa shape index (κ2) is 5.39. The second-order valence-electron chi connectivity index (χ2n) is 5.35. The maximum atomic E-state index is 13.7. The van der Waals surface area contributed by atoms with Crippen molar-refractivity contribution in [2.24, 2.45) is 5.73 Å². The molecule has 2 N–H and O–H groups in total. The van der Waals surface area contributed by atoms with Crippen molar-refractivity contribution < 1.29 is 4.39 Å². The number of nitrogens with two attached hydrogens (primary N) is 1. The van der Waals surface area contributed by atoms with E-state index in [1.807, 2.05) is 19.9 Å². The van der Waals surface area contributed by atoms with E-state index in [-0.39, 0.29) is 5.82 Å². The first-order valence-electron chi connectivity index (χ1n) is 6.32. The first kappa shape index (κ1) is 14.2. The highest BCUT2D eigenvalue weighted by Gasteiger charge is 2.23. The molecule has 0 aliphatic rings. The Hall–Kier alpha value is -1.26. The third-order valence-corrected chi connectivity index (χ3v) is 4.25. The topological polar surface area (TPSA) is 38.9 Å². The maximum Gasteiger partial charge on any atom is 0.126 e. The van der Waals surface area contributed by atoms with Crippen molar-refractivity contribution >= 4 is 11.3 Å². The van der Waals surface area contributed by atoms with Gasteiger partial charge in [0.2, 0.25) is 0 Å². The molecule has 2 aromatic rings. The minimum Gasteiger partial charge on any atom is -0.325 e. The summed E-state index contributed by atoms with van der Waals surface area (Å²) in [5, 5.41) is 1.02. The molecule has 0 fully saturated rings. The molecule has 0 aliphatic carbocycles. The fraction of sp³-hybridized carbons (Fsp3) is 0.400. The van der Waals surface area contributed by atoms with Gasteiger partial charge in [-0.25, -0.2) is 9.37 Å². The number of hydrogen-bond acceptors (Lipinski definition) is 3. The Kier molecular flexibility index (Phi) is 4.02. The van der Waals surface area contributed by atoms with E-state index in [2.05, 4.69) is 11.9 Å². The summed E-state index contributed by atoms with van der Waals surface area (Å²) in [6.45, 7) is 6.01. The highest BCUT2D eigenvalue weighted by Crippen LogP contribution is 2.23. The van der Waals surface area contributed by atoms with Crippen LogP contribution in [0.5, 0.6) is 0 Å². The van der Waals surface area contributed by atoms with Crippen LogP contribution < -0.4 is 5.73 Å². The van der Waals surface area contributed by atoms with Crippen molar-refractivity contribution in [3.8, 4) is 0 Å². The van der Waals surface area contributed by atoms with Gasteiger partial charge in [0.05, 0.1) is 10.7 Å². The summed E-state index contributed by atoms with van der Waals surface area (Å²) in [5.41, 5.74) is 7.54. The van der Waals surface area contributed by atoms with Gasteiger partial charge in [0.1, 0.15) is 5.82 Å². The zero-order chi connectivity index (χ0) is 14.0. The molecule has 102 valence electrons. The van der Waals surface area contributed by atoms with E-state index in [9.17, 15) is 4.39 Å². The van der Waals surface area contributed by atoms with Gasteiger partial charge < -0.3 is 5.73 Å². The smallest absolute Gasteiger partial charge is 0.126 e. The number of hydrogen-bond donors (Lipinski definition) is 1. The standard InChI is InChI=1S/C15H19FN2S/c1-10-11(2)19-14(18-10)9-15(3,17)8-12-6-4-5-7-13(12)16/h4-7H,8-9,17H2,1-3H3. The highest BCUT2D eigenvalue weighted by atomic mass is 32.1. The maximum absolute atomic E-state index is 13.7. The molecule has 2 rings (SSSR count). The van der Waals surface area contributed by atoms with Crippen LogP contribution in [0.4, 0.5) is 4.39 Å². The monoisotopic (exact) mass is 278 g/mol. The van der Waals surface area contributed by atoms with Crippen molar-refractivity contribution in [2.75, 3.05) is 0 Å². The molecule has 0 saturated carbocycles. The van der Waals surface area contributed by atoms with Crippen molar-refractivity contribution in [1.82, 2.24) is 4.98 Å². The van der Waals surface area contributed by atoms with Crippen LogP contribution >= 0.6 is 11.3 Å². The summed E-state index contributed by atoms with van der Waals surface area (Å²) in [4.78, 5) is 5.72. The summed E-state index contributed by atoms with van der Waals surface area (Å²) >= 11 is 1.67. The lowest BCUT2D eigenvalue weighted by atomic mass is 9.90. The number of aromatic nitrogens is 1. The molecule has 1 atom stereocenters. The molecule has 19 heavy (non-hydrogen) atoms. The van der Waals surface area contributed by atoms with E-state index in [0.29, 0.717) is 18.4 Å². The summed E-state index contributed by atoms with van der Waals surface area (Å²) < 4.78 is 13.7. The van der Waals surface area contributed by atoms with Gasteiger partial charge in [-0.1, -0.05) is 18.2 Å². The molecule has 4 heteroatoms. The quantitative estimate of drug-likeness (QED) is 0.931. The van der Waals surface area contributed by atoms with Crippen molar-refractivity contribution in [3.63, 3.8) is 0 Å². The highest BCUT2D eigenvalue weighted by molar-refractivity contribution is 7.11. The first-order valence-corrected chi connectivity index (χ1v) is 7.14. The molecule has 2 nitrogen and oxygen atoms in total. The van der Waals surface area contributed by atoms with Crippen LogP contribution in [0.25, 0.3) is 0 Å². The number of halogens is 1. The van der Waals surface area contributed by atoms with Gasteiger partial charge >= 0.3 is 0 Å². The van der Waals surface area contributed by atoms with Gasteiger partial charge in [-0.2, -0.15) is 0 Å². The number of thiazole rings is 1. The Bertz CT molecular complexity index is 556. The normalized spacial score (nSPS) is 14.4. The van der Waals surface area contributed by atoms with Crippen LogP contribution in [-0.4, -0.2) is 10.5 Å². The zero-order valence-corrected chi connectivity index (χ0v) is 12.4. The second-order valence-corrected chi connectivity index (χ2v) is 6.64. The van der Waals surface area contributed by atoms with Gasteiger partial charge in [0, 0.05) is 16.8 Å². The van der Waals surface area contributed by atoms with Crippen LogP contribution in [0.3, 0.4) is 0 Å². The van der Waals surface area contributed by atoms with E-state index in [1.54, 1.807) is 23.5 Å². The molecule has 0 amide bonds. The Morgan fingerprint density at radius 3 is 2.53 bits per heavy atom. The summed E-state index contributed by atoms with van der Waals surface area (Å²) in [6.07, 6.45) is 1.18. The molecule has 0 bridgehead atoms. The molecule has 0 spiro atoms. The number of aryl methyl sites for hydroxylation is 2. The average Bonchev–Trinajstić information content (AvgIpc) is 2.60. The van der Waals surface area contributed by atoms with Gasteiger partial charge in [-0.05, 0) is 38.8 Å². The minimum atomic E-state index is -0.487. The Morgan fingerprint density at radius 1 is 1.26 bits per heavy atom. The molecular weight excluding hydrogens is 259 g/mol. The van der Waals surface area contributed by atoms with Crippen molar-refractivity contribution in [3.05, 3.63) is 51.2 Å². The molecular formula is C15H19FN2S. The Labute approximate surface area is 117 Å². The lowest BCUT2D eigenvalue weighted by Crippen LogP contribution is -2.41. The predicted octanol–water partition coefficient (Wildman–Crippen LogP) is 3.40. The molecule has 0 aliphatic heterocycles. The van der Waals surface area contributed by atoms with Gasteiger partial charge in [0.25, 0.3) is 0 Å². The third kappa shape index (κ3) is 3.61. The first-order chi connectivity index (χ1) is 8.87. The molecule has 0 saturated heterocycles. The van der Waals surface area contributed by atoms with Crippen molar-refractivity contribution in [2.45, 2.75) is 39.2 Å². The summed E-state index contributed by atoms with van der Waals surface area (Å²) in [6, 6.07) is 6.80. The Morgan fingerprint density at radius 2 is 1.95 bits per heavy atom. The van der Waals surface area contributed by atoms with Crippen LogP contribution in [0, 0.1) is 19.7 Å².